The second-order valence-corrected chi connectivity index (χ2v) is 4.64. The SMILES string of the molecule is O=C(Nc1nccs1)Nc1nccc(CBr)c1F. The molecule has 2 rings (SSSR count). The molecule has 0 aliphatic carbocycles. The zero-order chi connectivity index (χ0) is 13.0. The van der Waals surface area contributed by atoms with E-state index in [1.807, 2.05) is 0 Å². The van der Waals surface area contributed by atoms with Crippen LogP contribution in [-0.2, 0) is 5.33 Å². The van der Waals surface area contributed by atoms with Crippen molar-refractivity contribution in [1.82, 2.24) is 9.97 Å². The van der Waals surface area contributed by atoms with Gasteiger partial charge in [-0.2, -0.15) is 0 Å². The van der Waals surface area contributed by atoms with Gasteiger partial charge in [0.05, 0.1) is 0 Å². The summed E-state index contributed by atoms with van der Waals surface area (Å²) >= 11 is 4.42. The molecule has 0 spiro atoms. The number of alkyl halides is 1. The number of hydrogen-bond donors (Lipinski definition) is 2. The van der Waals surface area contributed by atoms with E-state index < -0.39 is 11.8 Å². The van der Waals surface area contributed by atoms with Crippen molar-refractivity contribution < 1.29 is 9.18 Å². The fourth-order valence-corrected chi connectivity index (χ4v) is 2.15. The number of pyridine rings is 1. The molecule has 2 amide bonds. The Morgan fingerprint density at radius 2 is 2.22 bits per heavy atom. The third-order valence-electron chi connectivity index (χ3n) is 2.00. The summed E-state index contributed by atoms with van der Waals surface area (Å²) in [7, 11) is 0. The summed E-state index contributed by atoms with van der Waals surface area (Å²) in [5, 5.41) is 7.32. The highest BCUT2D eigenvalue weighted by Crippen LogP contribution is 2.18. The quantitative estimate of drug-likeness (QED) is 0.849. The van der Waals surface area contributed by atoms with E-state index >= 15 is 0 Å². The third kappa shape index (κ3) is 3.02. The number of thiazole rings is 1. The minimum absolute atomic E-state index is 0.110. The molecule has 0 saturated heterocycles. The van der Waals surface area contributed by atoms with Crippen LogP contribution in [0.2, 0.25) is 0 Å². The minimum Gasteiger partial charge on any atom is -0.290 e. The van der Waals surface area contributed by atoms with E-state index in [0.29, 0.717) is 16.0 Å². The van der Waals surface area contributed by atoms with E-state index in [2.05, 4.69) is 36.5 Å². The highest BCUT2D eigenvalue weighted by atomic mass is 79.9. The molecule has 0 fully saturated rings. The molecule has 0 aromatic carbocycles. The van der Waals surface area contributed by atoms with Crippen molar-refractivity contribution in [3.8, 4) is 0 Å². The van der Waals surface area contributed by atoms with Crippen LogP contribution in [0.15, 0.2) is 23.8 Å². The third-order valence-corrected chi connectivity index (χ3v) is 3.29. The molecule has 2 heterocycles. The van der Waals surface area contributed by atoms with Gasteiger partial charge in [0, 0.05) is 28.7 Å². The van der Waals surface area contributed by atoms with Crippen molar-refractivity contribution in [3.63, 3.8) is 0 Å². The van der Waals surface area contributed by atoms with E-state index in [1.165, 1.54) is 23.6 Å². The Morgan fingerprint density at radius 1 is 1.39 bits per heavy atom. The number of nitrogens with one attached hydrogen (secondary N) is 2. The number of anilines is 2. The average Bonchev–Trinajstić information content (AvgIpc) is 2.84. The first-order valence-electron chi connectivity index (χ1n) is 4.87. The Balaban J connectivity index is 2.07. The lowest BCUT2D eigenvalue weighted by molar-refractivity contribution is 0.262. The van der Waals surface area contributed by atoms with Gasteiger partial charge in [-0.1, -0.05) is 15.9 Å². The molecule has 18 heavy (non-hydrogen) atoms. The van der Waals surface area contributed by atoms with Gasteiger partial charge in [0.15, 0.2) is 16.8 Å². The molecule has 0 radical (unpaired) electrons. The van der Waals surface area contributed by atoms with Gasteiger partial charge >= 0.3 is 6.03 Å². The fraction of sp³-hybridized carbons (Fsp3) is 0.100. The lowest BCUT2D eigenvalue weighted by Crippen LogP contribution is -2.21. The molecule has 0 aliphatic rings. The van der Waals surface area contributed by atoms with Crippen molar-refractivity contribution in [2.24, 2.45) is 0 Å². The Bertz CT molecular complexity index is 549. The van der Waals surface area contributed by atoms with Gasteiger partial charge in [-0.3, -0.25) is 10.6 Å². The van der Waals surface area contributed by atoms with Crippen molar-refractivity contribution in [2.75, 3.05) is 10.6 Å². The minimum atomic E-state index is -0.580. The summed E-state index contributed by atoms with van der Waals surface area (Å²) in [6.07, 6.45) is 2.99. The van der Waals surface area contributed by atoms with E-state index in [9.17, 15) is 9.18 Å². The van der Waals surface area contributed by atoms with Gasteiger partial charge < -0.3 is 0 Å². The number of hydrogen-bond acceptors (Lipinski definition) is 4. The number of aromatic nitrogens is 2. The van der Waals surface area contributed by atoms with E-state index in [-0.39, 0.29) is 5.82 Å². The molecule has 94 valence electrons. The Hall–Kier alpha value is -1.54. The lowest BCUT2D eigenvalue weighted by atomic mass is 10.3. The standard InChI is InChI=1S/C10H8BrFN4OS/c11-5-6-1-2-13-8(7(6)12)15-9(17)16-10-14-3-4-18-10/h1-4H,5H2,(H2,13,14,15,16,17). The van der Waals surface area contributed by atoms with Crippen LogP contribution in [0.3, 0.4) is 0 Å². The number of rotatable bonds is 3. The van der Waals surface area contributed by atoms with Gasteiger partial charge in [-0.05, 0) is 6.07 Å². The Morgan fingerprint density at radius 3 is 2.89 bits per heavy atom. The van der Waals surface area contributed by atoms with Gasteiger partial charge in [-0.25, -0.2) is 19.2 Å². The maximum atomic E-state index is 13.8. The Labute approximate surface area is 115 Å². The summed E-state index contributed by atoms with van der Waals surface area (Å²) in [5.74, 6) is -0.662. The number of amides is 2. The topological polar surface area (TPSA) is 66.9 Å². The highest BCUT2D eigenvalue weighted by molar-refractivity contribution is 9.08. The van der Waals surface area contributed by atoms with Crippen LogP contribution in [0.5, 0.6) is 0 Å². The molecule has 2 N–H and O–H groups in total. The van der Waals surface area contributed by atoms with E-state index in [0.717, 1.165) is 0 Å². The summed E-state index contributed by atoms with van der Waals surface area (Å²) in [6, 6.07) is 0.955. The van der Waals surface area contributed by atoms with Crippen LogP contribution in [0.25, 0.3) is 0 Å². The molecule has 8 heteroatoms. The molecule has 0 aliphatic heterocycles. The first-order chi connectivity index (χ1) is 8.70. The van der Waals surface area contributed by atoms with Crippen LogP contribution >= 0.6 is 27.3 Å². The molecule has 2 aromatic heterocycles. The van der Waals surface area contributed by atoms with Gasteiger partial charge in [0.25, 0.3) is 0 Å². The second-order valence-electron chi connectivity index (χ2n) is 3.18. The number of halogens is 2. The predicted molar refractivity (Wildman–Crippen MR) is 71.6 cm³/mol. The normalized spacial score (nSPS) is 10.1. The summed E-state index contributed by atoms with van der Waals surface area (Å²) in [4.78, 5) is 19.2. The lowest BCUT2D eigenvalue weighted by Gasteiger charge is -2.07. The molecule has 0 bridgehead atoms. The first-order valence-corrected chi connectivity index (χ1v) is 6.87. The maximum Gasteiger partial charge on any atom is 0.326 e. The molecular formula is C10H8BrFN4OS. The van der Waals surface area contributed by atoms with Crippen LogP contribution in [0, 0.1) is 5.82 Å². The van der Waals surface area contributed by atoms with Crippen molar-refractivity contribution in [2.45, 2.75) is 5.33 Å². The van der Waals surface area contributed by atoms with Crippen molar-refractivity contribution >= 4 is 44.2 Å². The zero-order valence-electron chi connectivity index (χ0n) is 8.98. The zero-order valence-corrected chi connectivity index (χ0v) is 11.4. The molecule has 5 nitrogen and oxygen atoms in total. The number of carbonyl (C=O) groups is 1. The maximum absolute atomic E-state index is 13.8. The van der Waals surface area contributed by atoms with Crippen LogP contribution in [0.4, 0.5) is 20.1 Å². The predicted octanol–water partition coefficient (Wildman–Crippen LogP) is 3.22. The number of urea groups is 1. The first kappa shape index (κ1) is 12.9. The van der Waals surface area contributed by atoms with Gasteiger partial charge in [-0.15, -0.1) is 11.3 Å². The molecular weight excluding hydrogens is 323 g/mol. The molecule has 0 atom stereocenters. The largest absolute Gasteiger partial charge is 0.326 e. The van der Waals surface area contributed by atoms with Crippen molar-refractivity contribution in [1.29, 1.82) is 0 Å². The van der Waals surface area contributed by atoms with Crippen LogP contribution < -0.4 is 10.6 Å². The molecule has 0 unspecified atom stereocenters. The highest BCUT2D eigenvalue weighted by Gasteiger charge is 2.12. The van der Waals surface area contributed by atoms with E-state index in [4.69, 9.17) is 0 Å². The summed E-state index contributed by atoms with van der Waals surface area (Å²) in [5.41, 5.74) is 0.426. The number of nitrogens with zero attached hydrogens (tertiary/aromatic N) is 2. The number of carbonyl (C=O) groups excluding carboxylic acids is 1. The van der Waals surface area contributed by atoms with E-state index in [1.54, 1.807) is 11.6 Å². The Kier molecular flexibility index (Phi) is 4.21. The summed E-state index contributed by atoms with van der Waals surface area (Å²) < 4.78 is 13.8. The summed E-state index contributed by atoms with van der Waals surface area (Å²) in [6.45, 7) is 0. The second kappa shape index (κ2) is 5.87. The fourth-order valence-electron chi connectivity index (χ4n) is 1.20. The average molecular weight is 331 g/mol. The monoisotopic (exact) mass is 330 g/mol. The molecule has 0 saturated carbocycles. The van der Waals surface area contributed by atoms with Crippen LogP contribution in [-0.4, -0.2) is 16.0 Å². The van der Waals surface area contributed by atoms with Gasteiger partial charge in [0.2, 0.25) is 0 Å². The smallest absolute Gasteiger partial charge is 0.290 e. The molecule has 2 aromatic rings. The van der Waals surface area contributed by atoms with Gasteiger partial charge in [0.1, 0.15) is 0 Å². The van der Waals surface area contributed by atoms with Crippen LogP contribution in [0.1, 0.15) is 5.56 Å². The van der Waals surface area contributed by atoms with Crippen molar-refractivity contribution in [3.05, 3.63) is 35.2 Å².